The van der Waals surface area contributed by atoms with Gasteiger partial charge in [0, 0.05) is 31.0 Å². The zero-order valence-corrected chi connectivity index (χ0v) is 19.1. The number of anilines is 2. The van der Waals surface area contributed by atoms with Crippen molar-refractivity contribution in [2.45, 2.75) is 40.7 Å². The highest BCUT2D eigenvalue weighted by Gasteiger charge is 2.22. The molecule has 0 fully saturated rings. The van der Waals surface area contributed by atoms with E-state index in [0.717, 1.165) is 35.4 Å². The lowest BCUT2D eigenvalue weighted by atomic mass is 10.0. The van der Waals surface area contributed by atoms with Gasteiger partial charge in [-0.05, 0) is 69.2 Å². The number of hydrogen-bond donors (Lipinski definition) is 2. The number of benzene rings is 2. The van der Waals surface area contributed by atoms with Crippen LogP contribution < -0.4 is 21.2 Å². The predicted octanol–water partition coefficient (Wildman–Crippen LogP) is 2.57. The van der Waals surface area contributed by atoms with Gasteiger partial charge in [0.2, 0.25) is 11.8 Å². The molecule has 0 bridgehead atoms. The Morgan fingerprint density at radius 3 is 2.19 bits per heavy atom. The van der Waals surface area contributed by atoms with Crippen LogP contribution in [0.2, 0.25) is 0 Å². The molecule has 0 aliphatic heterocycles. The first kappa shape index (κ1) is 23.1. The Kier molecular flexibility index (Phi) is 7.02. The molecule has 0 unspecified atom stereocenters. The minimum absolute atomic E-state index is 0.0472. The van der Waals surface area contributed by atoms with Crippen molar-refractivity contribution in [2.24, 2.45) is 5.73 Å². The highest BCUT2D eigenvalue weighted by Crippen LogP contribution is 2.25. The summed E-state index contributed by atoms with van der Waals surface area (Å²) in [6, 6.07) is 11.3. The number of rotatable bonds is 9. The summed E-state index contributed by atoms with van der Waals surface area (Å²) >= 11 is 0. The smallest absolute Gasteiger partial charge is 0.326 e. The van der Waals surface area contributed by atoms with Crippen LogP contribution in [0.15, 0.2) is 41.2 Å². The summed E-state index contributed by atoms with van der Waals surface area (Å²) in [6.07, 6.45) is 0.0472. The summed E-state index contributed by atoms with van der Waals surface area (Å²) in [6.45, 7) is 9.99. The molecular weight excluding hydrogens is 406 g/mol. The van der Waals surface area contributed by atoms with Gasteiger partial charge in [0.25, 0.3) is 0 Å². The van der Waals surface area contributed by atoms with Gasteiger partial charge in [0.1, 0.15) is 6.54 Å². The average Bonchev–Trinajstić information content (AvgIpc) is 3.10. The van der Waals surface area contributed by atoms with E-state index in [2.05, 4.69) is 23.7 Å². The molecule has 3 rings (SSSR count). The molecule has 0 radical (unpaired) electrons. The van der Waals surface area contributed by atoms with E-state index < -0.39 is 5.91 Å². The van der Waals surface area contributed by atoms with Crippen LogP contribution in [-0.2, 0) is 22.6 Å². The van der Waals surface area contributed by atoms with Crippen LogP contribution in [0.4, 0.5) is 11.4 Å². The number of amides is 2. The molecule has 8 heteroatoms. The summed E-state index contributed by atoms with van der Waals surface area (Å²) in [5.74, 6) is -0.848. The van der Waals surface area contributed by atoms with Gasteiger partial charge in [-0.3, -0.25) is 14.2 Å². The van der Waals surface area contributed by atoms with E-state index in [-0.39, 0.29) is 24.6 Å². The molecule has 8 nitrogen and oxygen atoms in total. The molecule has 3 N–H and O–H groups in total. The molecule has 2 aromatic carbocycles. The van der Waals surface area contributed by atoms with Crippen molar-refractivity contribution in [3.05, 3.63) is 58.0 Å². The Bertz CT molecular complexity index is 1170. The van der Waals surface area contributed by atoms with Gasteiger partial charge in [-0.15, -0.1) is 0 Å². The molecule has 0 atom stereocenters. The zero-order valence-electron chi connectivity index (χ0n) is 19.1. The average molecular weight is 438 g/mol. The second-order valence-corrected chi connectivity index (χ2v) is 7.74. The summed E-state index contributed by atoms with van der Waals surface area (Å²) in [5, 5.41) is 0. The second kappa shape index (κ2) is 9.72. The van der Waals surface area contributed by atoms with E-state index in [0.29, 0.717) is 17.7 Å². The fourth-order valence-corrected chi connectivity index (χ4v) is 4.11. The molecule has 1 aromatic heterocycles. The highest BCUT2D eigenvalue weighted by atomic mass is 16.2. The Labute approximate surface area is 187 Å². The van der Waals surface area contributed by atoms with E-state index >= 15 is 0 Å². The third kappa shape index (κ3) is 4.54. The van der Waals surface area contributed by atoms with Crippen molar-refractivity contribution in [3.63, 3.8) is 0 Å². The topological polar surface area (TPSA) is 104 Å². The number of hydrogen-bond acceptors (Lipinski definition) is 4. The van der Waals surface area contributed by atoms with E-state index in [1.165, 1.54) is 4.90 Å². The standard InChI is InChI=1S/C24H31N5O3/c1-5-27(6-2)17-9-11-18(12-10-17)29(15-21(25)30)22(31)14-19-16(4)8-13-20-23(19)28(7-3)24(32)26-20/h8-13H,5-7,14-15H2,1-4H3,(H2,25,30)(H,26,32). The van der Waals surface area contributed by atoms with Crippen molar-refractivity contribution in [2.75, 3.05) is 29.4 Å². The molecule has 1 heterocycles. The van der Waals surface area contributed by atoms with Gasteiger partial charge in [0.15, 0.2) is 0 Å². The third-order valence-electron chi connectivity index (χ3n) is 5.82. The van der Waals surface area contributed by atoms with Crippen LogP contribution >= 0.6 is 0 Å². The van der Waals surface area contributed by atoms with Crippen LogP contribution in [0.25, 0.3) is 11.0 Å². The number of primary amides is 1. The number of aromatic amines is 1. The first-order valence-electron chi connectivity index (χ1n) is 10.9. The largest absolute Gasteiger partial charge is 0.372 e. The normalized spacial score (nSPS) is 11.0. The Morgan fingerprint density at radius 1 is 1.00 bits per heavy atom. The van der Waals surface area contributed by atoms with E-state index in [1.54, 1.807) is 4.57 Å². The van der Waals surface area contributed by atoms with Gasteiger partial charge in [-0.1, -0.05) is 6.07 Å². The second-order valence-electron chi connectivity index (χ2n) is 7.74. The Hall–Kier alpha value is -3.55. The van der Waals surface area contributed by atoms with Crippen LogP contribution in [0.5, 0.6) is 0 Å². The van der Waals surface area contributed by atoms with Crippen molar-refractivity contribution in [3.8, 4) is 0 Å². The van der Waals surface area contributed by atoms with Crippen molar-refractivity contribution < 1.29 is 9.59 Å². The first-order chi connectivity index (χ1) is 15.3. The summed E-state index contributed by atoms with van der Waals surface area (Å²) < 4.78 is 1.63. The Balaban J connectivity index is 1.99. The lowest BCUT2D eigenvalue weighted by Gasteiger charge is -2.25. The number of carbonyl (C=O) groups excluding carboxylic acids is 2. The molecule has 2 amide bonds. The van der Waals surface area contributed by atoms with Crippen LogP contribution in [0.1, 0.15) is 31.9 Å². The van der Waals surface area contributed by atoms with Gasteiger partial charge in [-0.2, -0.15) is 0 Å². The fourth-order valence-electron chi connectivity index (χ4n) is 4.11. The molecule has 170 valence electrons. The van der Waals surface area contributed by atoms with Gasteiger partial charge in [-0.25, -0.2) is 4.79 Å². The maximum Gasteiger partial charge on any atom is 0.326 e. The summed E-state index contributed by atoms with van der Waals surface area (Å²) in [5.41, 5.74) is 9.99. The lowest BCUT2D eigenvalue weighted by molar-refractivity contribution is -0.122. The number of H-pyrrole nitrogens is 1. The van der Waals surface area contributed by atoms with Crippen LogP contribution in [0, 0.1) is 6.92 Å². The zero-order chi connectivity index (χ0) is 23.4. The van der Waals surface area contributed by atoms with Crippen LogP contribution in [-0.4, -0.2) is 41.0 Å². The first-order valence-corrected chi connectivity index (χ1v) is 10.9. The molecule has 0 aliphatic rings. The third-order valence-corrected chi connectivity index (χ3v) is 5.82. The van der Waals surface area contributed by atoms with Gasteiger partial charge in [0.05, 0.1) is 17.5 Å². The summed E-state index contributed by atoms with van der Waals surface area (Å²) in [4.78, 5) is 43.9. The minimum Gasteiger partial charge on any atom is -0.372 e. The van der Waals surface area contributed by atoms with Crippen molar-refractivity contribution in [1.29, 1.82) is 0 Å². The molecule has 0 saturated heterocycles. The number of carbonyl (C=O) groups is 2. The number of nitrogens with one attached hydrogen (secondary N) is 1. The molecule has 0 spiro atoms. The van der Waals surface area contributed by atoms with Crippen LogP contribution in [0.3, 0.4) is 0 Å². The van der Waals surface area contributed by atoms with E-state index in [4.69, 9.17) is 5.73 Å². The predicted molar refractivity (Wildman–Crippen MR) is 128 cm³/mol. The minimum atomic E-state index is -0.590. The van der Waals surface area contributed by atoms with Gasteiger partial charge < -0.3 is 20.5 Å². The van der Waals surface area contributed by atoms with E-state index in [9.17, 15) is 14.4 Å². The number of nitrogens with zero attached hydrogens (tertiary/aromatic N) is 3. The molecule has 0 saturated carbocycles. The highest BCUT2D eigenvalue weighted by molar-refractivity contribution is 6.01. The SMILES string of the molecule is CCN(CC)c1ccc(N(CC(N)=O)C(=O)Cc2c(C)ccc3[nH]c(=O)n(CC)c23)cc1. The fraction of sp³-hybridized carbons (Fsp3) is 0.375. The van der Waals surface area contributed by atoms with E-state index in [1.807, 2.05) is 50.2 Å². The quantitative estimate of drug-likeness (QED) is 0.537. The number of nitrogens with two attached hydrogens (primary N) is 1. The van der Waals surface area contributed by atoms with Crippen molar-refractivity contribution in [1.82, 2.24) is 9.55 Å². The number of imidazole rings is 1. The maximum absolute atomic E-state index is 13.4. The molecule has 3 aromatic rings. The lowest BCUT2D eigenvalue weighted by Crippen LogP contribution is -2.39. The monoisotopic (exact) mass is 437 g/mol. The number of aryl methyl sites for hydroxylation is 2. The number of aromatic nitrogens is 2. The van der Waals surface area contributed by atoms with Gasteiger partial charge >= 0.3 is 5.69 Å². The molecule has 32 heavy (non-hydrogen) atoms. The summed E-state index contributed by atoms with van der Waals surface area (Å²) in [7, 11) is 0. The molecule has 0 aliphatic carbocycles. The van der Waals surface area contributed by atoms with Crippen molar-refractivity contribution >= 4 is 34.2 Å². The molecular formula is C24H31N5O3. The Morgan fingerprint density at radius 2 is 1.62 bits per heavy atom. The number of fused-ring (bicyclic) bond motifs is 1. The maximum atomic E-state index is 13.4.